The lowest BCUT2D eigenvalue weighted by atomic mass is 10.1. The predicted octanol–water partition coefficient (Wildman–Crippen LogP) is 1.28. The number of Topliss-reactive ketones (excluding diaryl/α,β-unsaturated/α-hetero) is 1. The first-order chi connectivity index (χ1) is 10.3. The van der Waals surface area contributed by atoms with Crippen molar-refractivity contribution in [3.8, 4) is 0 Å². The van der Waals surface area contributed by atoms with E-state index in [2.05, 4.69) is 10.6 Å². The van der Waals surface area contributed by atoms with Crippen LogP contribution in [-0.2, 0) is 9.59 Å². The van der Waals surface area contributed by atoms with Crippen LogP contribution in [0.4, 0.5) is 5.69 Å². The standard InChI is InChI=1S/C16H23N3O3/c1-11(2)17-15(21)9-19(4)10-16(22)18-14-7-5-6-13(8-14)12(3)20/h5-8,11H,9-10H2,1-4H3,(H,17,21)(H,18,22). The Hall–Kier alpha value is -2.21. The fraction of sp³-hybridized carbons (Fsp3) is 0.438. The van der Waals surface area contributed by atoms with Crippen LogP contribution in [0.5, 0.6) is 0 Å². The molecule has 0 spiro atoms. The Bertz CT molecular complexity index is 555. The van der Waals surface area contributed by atoms with Crippen molar-refractivity contribution in [3.63, 3.8) is 0 Å². The number of carbonyl (C=O) groups excluding carboxylic acids is 3. The number of rotatable bonds is 7. The maximum absolute atomic E-state index is 11.9. The zero-order valence-corrected chi connectivity index (χ0v) is 13.5. The second-order valence-corrected chi connectivity index (χ2v) is 5.58. The Morgan fingerprint density at radius 2 is 1.77 bits per heavy atom. The molecule has 0 unspecified atom stereocenters. The van der Waals surface area contributed by atoms with Gasteiger partial charge >= 0.3 is 0 Å². The van der Waals surface area contributed by atoms with Gasteiger partial charge in [0.1, 0.15) is 0 Å². The van der Waals surface area contributed by atoms with Gasteiger partial charge in [0, 0.05) is 17.3 Å². The van der Waals surface area contributed by atoms with Crippen molar-refractivity contribution in [1.82, 2.24) is 10.2 Å². The van der Waals surface area contributed by atoms with Crippen LogP contribution in [0.25, 0.3) is 0 Å². The Morgan fingerprint density at radius 3 is 2.36 bits per heavy atom. The van der Waals surface area contributed by atoms with Gasteiger partial charge in [0.25, 0.3) is 0 Å². The average molecular weight is 305 g/mol. The summed E-state index contributed by atoms with van der Waals surface area (Å²) < 4.78 is 0. The van der Waals surface area contributed by atoms with Gasteiger partial charge in [-0.1, -0.05) is 12.1 Å². The van der Waals surface area contributed by atoms with Gasteiger partial charge in [-0.05, 0) is 40.0 Å². The first-order valence-corrected chi connectivity index (χ1v) is 7.16. The summed E-state index contributed by atoms with van der Waals surface area (Å²) in [4.78, 5) is 36.5. The van der Waals surface area contributed by atoms with Crippen LogP contribution in [0.3, 0.4) is 0 Å². The van der Waals surface area contributed by atoms with Crippen molar-refractivity contribution in [3.05, 3.63) is 29.8 Å². The second kappa shape index (κ2) is 8.29. The summed E-state index contributed by atoms with van der Waals surface area (Å²) >= 11 is 0. The maximum atomic E-state index is 11.9. The third kappa shape index (κ3) is 6.49. The van der Waals surface area contributed by atoms with E-state index in [1.165, 1.54) is 6.92 Å². The molecule has 0 heterocycles. The van der Waals surface area contributed by atoms with Crippen molar-refractivity contribution in [2.24, 2.45) is 0 Å². The molecule has 1 rings (SSSR count). The lowest BCUT2D eigenvalue weighted by Crippen LogP contribution is -2.41. The van der Waals surface area contributed by atoms with E-state index in [0.29, 0.717) is 11.3 Å². The highest BCUT2D eigenvalue weighted by atomic mass is 16.2. The summed E-state index contributed by atoms with van der Waals surface area (Å²) in [6.45, 7) is 5.48. The normalized spacial score (nSPS) is 10.6. The van der Waals surface area contributed by atoms with E-state index in [0.717, 1.165) is 0 Å². The van der Waals surface area contributed by atoms with E-state index in [9.17, 15) is 14.4 Å². The molecule has 0 saturated heterocycles. The molecular weight excluding hydrogens is 282 g/mol. The van der Waals surface area contributed by atoms with Gasteiger partial charge in [-0.3, -0.25) is 19.3 Å². The van der Waals surface area contributed by atoms with Crippen molar-refractivity contribution < 1.29 is 14.4 Å². The number of anilines is 1. The number of amides is 2. The average Bonchev–Trinajstić information content (AvgIpc) is 2.37. The maximum Gasteiger partial charge on any atom is 0.238 e. The molecule has 2 amide bonds. The topological polar surface area (TPSA) is 78.5 Å². The minimum Gasteiger partial charge on any atom is -0.353 e. The molecule has 0 aliphatic carbocycles. The molecule has 1 aromatic rings. The van der Waals surface area contributed by atoms with Crippen molar-refractivity contribution in [2.45, 2.75) is 26.8 Å². The zero-order chi connectivity index (χ0) is 16.7. The van der Waals surface area contributed by atoms with Crippen LogP contribution in [0.2, 0.25) is 0 Å². The fourth-order valence-corrected chi connectivity index (χ4v) is 1.93. The quantitative estimate of drug-likeness (QED) is 0.744. The van der Waals surface area contributed by atoms with Gasteiger partial charge in [-0.25, -0.2) is 0 Å². The monoisotopic (exact) mass is 305 g/mol. The third-order valence-corrected chi connectivity index (χ3v) is 2.83. The summed E-state index contributed by atoms with van der Waals surface area (Å²) in [5, 5.41) is 5.48. The lowest BCUT2D eigenvalue weighted by Gasteiger charge is -2.17. The summed E-state index contributed by atoms with van der Waals surface area (Å²) in [5.41, 5.74) is 1.11. The summed E-state index contributed by atoms with van der Waals surface area (Å²) in [6, 6.07) is 6.83. The van der Waals surface area contributed by atoms with E-state index in [-0.39, 0.29) is 36.7 Å². The zero-order valence-electron chi connectivity index (χ0n) is 13.5. The van der Waals surface area contributed by atoms with Crippen molar-refractivity contribution >= 4 is 23.3 Å². The fourth-order valence-electron chi connectivity index (χ4n) is 1.93. The Labute approximate surface area is 130 Å². The molecule has 120 valence electrons. The predicted molar refractivity (Wildman–Crippen MR) is 85.9 cm³/mol. The molecule has 0 radical (unpaired) electrons. The molecule has 2 N–H and O–H groups in total. The van der Waals surface area contributed by atoms with Crippen LogP contribution in [0, 0.1) is 0 Å². The highest BCUT2D eigenvalue weighted by molar-refractivity contribution is 5.97. The molecule has 0 aliphatic rings. The number of likely N-dealkylation sites (N-methyl/N-ethyl adjacent to an activating group) is 1. The molecule has 1 aromatic carbocycles. The van der Waals surface area contributed by atoms with Crippen LogP contribution in [-0.4, -0.2) is 48.7 Å². The van der Waals surface area contributed by atoms with Gasteiger partial charge in [0.05, 0.1) is 13.1 Å². The summed E-state index contributed by atoms with van der Waals surface area (Å²) in [5.74, 6) is -0.414. The second-order valence-electron chi connectivity index (χ2n) is 5.58. The molecule has 0 aromatic heterocycles. The molecule has 0 bridgehead atoms. The Kier molecular flexibility index (Phi) is 6.72. The lowest BCUT2D eigenvalue weighted by molar-refractivity contribution is -0.123. The molecule has 6 nitrogen and oxygen atoms in total. The summed E-state index contributed by atoms with van der Waals surface area (Å²) in [7, 11) is 1.70. The number of benzene rings is 1. The van der Waals surface area contributed by atoms with Crippen molar-refractivity contribution in [1.29, 1.82) is 0 Å². The first-order valence-electron chi connectivity index (χ1n) is 7.16. The SMILES string of the molecule is CC(=O)c1cccc(NC(=O)CN(C)CC(=O)NC(C)C)c1. The molecule has 0 saturated carbocycles. The van der Waals surface area contributed by atoms with E-state index in [1.54, 1.807) is 36.2 Å². The number of nitrogens with zero attached hydrogens (tertiary/aromatic N) is 1. The molecule has 0 fully saturated rings. The van der Waals surface area contributed by atoms with E-state index in [4.69, 9.17) is 0 Å². The number of nitrogens with one attached hydrogen (secondary N) is 2. The van der Waals surface area contributed by atoms with Crippen LogP contribution in [0.15, 0.2) is 24.3 Å². The van der Waals surface area contributed by atoms with E-state index < -0.39 is 0 Å². The summed E-state index contributed by atoms with van der Waals surface area (Å²) in [6.07, 6.45) is 0. The van der Waals surface area contributed by atoms with Gasteiger partial charge < -0.3 is 10.6 Å². The first kappa shape index (κ1) is 17.8. The Balaban J connectivity index is 2.50. The highest BCUT2D eigenvalue weighted by Gasteiger charge is 2.12. The van der Waals surface area contributed by atoms with Gasteiger partial charge in [-0.2, -0.15) is 0 Å². The van der Waals surface area contributed by atoms with Crippen molar-refractivity contribution in [2.75, 3.05) is 25.5 Å². The van der Waals surface area contributed by atoms with Gasteiger partial charge in [-0.15, -0.1) is 0 Å². The minimum atomic E-state index is -0.236. The molecule has 22 heavy (non-hydrogen) atoms. The third-order valence-electron chi connectivity index (χ3n) is 2.83. The number of hydrogen-bond acceptors (Lipinski definition) is 4. The van der Waals surface area contributed by atoms with E-state index in [1.807, 2.05) is 13.8 Å². The smallest absolute Gasteiger partial charge is 0.238 e. The van der Waals surface area contributed by atoms with E-state index >= 15 is 0 Å². The Morgan fingerprint density at radius 1 is 1.14 bits per heavy atom. The molecular formula is C16H23N3O3. The largest absolute Gasteiger partial charge is 0.353 e. The van der Waals surface area contributed by atoms with Gasteiger partial charge in [0.2, 0.25) is 11.8 Å². The van der Waals surface area contributed by atoms with Gasteiger partial charge in [0.15, 0.2) is 5.78 Å². The van der Waals surface area contributed by atoms with Crippen LogP contribution >= 0.6 is 0 Å². The number of ketones is 1. The van der Waals surface area contributed by atoms with Crippen LogP contribution < -0.4 is 10.6 Å². The highest BCUT2D eigenvalue weighted by Crippen LogP contribution is 2.11. The molecule has 6 heteroatoms. The molecule has 0 atom stereocenters. The molecule has 0 aliphatic heterocycles. The van der Waals surface area contributed by atoms with Crippen LogP contribution in [0.1, 0.15) is 31.1 Å². The number of carbonyl (C=O) groups is 3. The minimum absolute atomic E-state index is 0.0569. The number of hydrogen-bond donors (Lipinski definition) is 2.